The van der Waals surface area contributed by atoms with Crippen molar-refractivity contribution in [1.82, 2.24) is 5.32 Å². The first-order valence-corrected chi connectivity index (χ1v) is 7.46. The molecule has 94 valence electrons. The average Bonchev–Trinajstić information content (AvgIpc) is 3.13. The molecule has 0 aliphatic heterocycles. The summed E-state index contributed by atoms with van der Waals surface area (Å²) in [4.78, 5) is 0. The highest BCUT2D eigenvalue weighted by molar-refractivity contribution is 8.00. The number of hydrogen-bond donors (Lipinski definition) is 1. The highest BCUT2D eigenvalue weighted by Gasteiger charge is 2.41. The van der Waals surface area contributed by atoms with Crippen LogP contribution in [0.15, 0.2) is 24.3 Å². The smallest absolute Gasteiger partial charge is 0.127 e. The van der Waals surface area contributed by atoms with Crippen LogP contribution in [-0.2, 0) is 0 Å². The van der Waals surface area contributed by atoms with E-state index in [1.54, 1.807) is 12.1 Å². The van der Waals surface area contributed by atoms with Gasteiger partial charge in [-0.2, -0.15) is 11.8 Å². The standard InChI is InChI=1S/C14H20FNS/c1-3-13(11-6-4-5-7-12(11)15)16-10-14(17-2)8-9-14/h4-7,13,16H,3,8-10H2,1-2H3. The van der Waals surface area contributed by atoms with Crippen LogP contribution in [0.1, 0.15) is 37.8 Å². The molecule has 1 N–H and O–H groups in total. The molecule has 0 spiro atoms. The van der Waals surface area contributed by atoms with Crippen LogP contribution in [0.3, 0.4) is 0 Å². The minimum absolute atomic E-state index is 0.0964. The van der Waals surface area contributed by atoms with E-state index in [1.165, 1.54) is 12.8 Å². The van der Waals surface area contributed by atoms with Crippen LogP contribution in [0, 0.1) is 5.82 Å². The maximum Gasteiger partial charge on any atom is 0.127 e. The summed E-state index contributed by atoms with van der Waals surface area (Å²) in [5, 5.41) is 3.52. The summed E-state index contributed by atoms with van der Waals surface area (Å²) in [6.45, 7) is 3.09. The molecule has 1 aliphatic carbocycles. The molecule has 0 radical (unpaired) electrons. The molecule has 0 bridgehead atoms. The minimum Gasteiger partial charge on any atom is -0.308 e. The molecule has 1 aromatic rings. The largest absolute Gasteiger partial charge is 0.308 e. The zero-order chi connectivity index (χ0) is 12.3. The second-order valence-electron chi connectivity index (χ2n) is 4.75. The van der Waals surface area contributed by atoms with Gasteiger partial charge in [0.05, 0.1) is 0 Å². The topological polar surface area (TPSA) is 12.0 Å². The van der Waals surface area contributed by atoms with Crippen molar-refractivity contribution in [2.75, 3.05) is 12.8 Å². The van der Waals surface area contributed by atoms with E-state index in [4.69, 9.17) is 0 Å². The summed E-state index contributed by atoms with van der Waals surface area (Å²) in [6.07, 6.45) is 5.66. The molecule has 1 nitrogen and oxygen atoms in total. The zero-order valence-corrected chi connectivity index (χ0v) is 11.3. The molecule has 1 atom stereocenters. The lowest BCUT2D eigenvalue weighted by Crippen LogP contribution is -2.30. The Morgan fingerprint density at radius 3 is 2.65 bits per heavy atom. The Morgan fingerprint density at radius 2 is 2.12 bits per heavy atom. The minimum atomic E-state index is -0.0964. The summed E-state index contributed by atoms with van der Waals surface area (Å²) in [5.74, 6) is -0.0964. The number of nitrogens with one attached hydrogen (secondary N) is 1. The summed E-state index contributed by atoms with van der Waals surface area (Å²) in [6, 6.07) is 7.22. The van der Waals surface area contributed by atoms with Crippen molar-refractivity contribution < 1.29 is 4.39 Å². The number of rotatable bonds is 6. The number of thioether (sulfide) groups is 1. The monoisotopic (exact) mass is 253 g/mol. The van der Waals surface area contributed by atoms with Crippen LogP contribution >= 0.6 is 11.8 Å². The first-order chi connectivity index (χ1) is 8.21. The third kappa shape index (κ3) is 3.02. The summed E-state index contributed by atoms with van der Waals surface area (Å²) >= 11 is 1.93. The zero-order valence-electron chi connectivity index (χ0n) is 10.5. The van der Waals surface area contributed by atoms with Gasteiger partial charge in [0.15, 0.2) is 0 Å². The highest BCUT2D eigenvalue weighted by Crippen LogP contribution is 2.46. The van der Waals surface area contributed by atoms with E-state index >= 15 is 0 Å². The van der Waals surface area contributed by atoms with Crippen LogP contribution in [0.5, 0.6) is 0 Å². The fourth-order valence-electron chi connectivity index (χ4n) is 2.13. The molecule has 1 saturated carbocycles. The van der Waals surface area contributed by atoms with E-state index in [9.17, 15) is 4.39 Å². The average molecular weight is 253 g/mol. The Kier molecular flexibility index (Phi) is 4.10. The summed E-state index contributed by atoms with van der Waals surface area (Å²) in [7, 11) is 0. The Bertz CT molecular complexity index is 376. The molecular formula is C14H20FNS. The van der Waals surface area contributed by atoms with Crippen LogP contribution in [-0.4, -0.2) is 17.5 Å². The second kappa shape index (κ2) is 5.40. The summed E-state index contributed by atoms with van der Waals surface area (Å²) in [5.41, 5.74) is 0.798. The van der Waals surface area contributed by atoms with Crippen LogP contribution < -0.4 is 5.32 Å². The van der Waals surface area contributed by atoms with Crippen molar-refractivity contribution in [3.8, 4) is 0 Å². The Balaban J connectivity index is 1.99. The van der Waals surface area contributed by atoms with Crippen LogP contribution in [0.25, 0.3) is 0 Å². The van der Waals surface area contributed by atoms with Crippen LogP contribution in [0.4, 0.5) is 4.39 Å². The first-order valence-electron chi connectivity index (χ1n) is 6.24. The van der Waals surface area contributed by atoms with Gasteiger partial charge in [0.1, 0.15) is 5.82 Å². The van der Waals surface area contributed by atoms with Crippen molar-refractivity contribution in [1.29, 1.82) is 0 Å². The van der Waals surface area contributed by atoms with Gasteiger partial charge in [-0.05, 0) is 31.6 Å². The van der Waals surface area contributed by atoms with Gasteiger partial charge in [-0.15, -0.1) is 0 Å². The van der Waals surface area contributed by atoms with Gasteiger partial charge in [0.2, 0.25) is 0 Å². The molecule has 2 rings (SSSR count). The predicted molar refractivity (Wildman–Crippen MR) is 72.9 cm³/mol. The number of hydrogen-bond acceptors (Lipinski definition) is 2. The fraction of sp³-hybridized carbons (Fsp3) is 0.571. The lowest BCUT2D eigenvalue weighted by molar-refractivity contribution is 0.485. The molecule has 17 heavy (non-hydrogen) atoms. The maximum absolute atomic E-state index is 13.7. The van der Waals surface area contributed by atoms with Crippen molar-refractivity contribution >= 4 is 11.8 Å². The fourth-order valence-corrected chi connectivity index (χ4v) is 2.87. The van der Waals surface area contributed by atoms with Crippen LogP contribution in [0.2, 0.25) is 0 Å². The Morgan fingerprint density at radius 1 is 1.41 bits per heavy atom. The highest BCUT2D eigenvalue weighted by atomic mass is 32.2. The van der Waals surface area contributed by atoms with Crippen molar-refractivity contribution in [3.63, 3.8) is 0 Å². The third-order valence-corrected chi connectivity index (χ3v) is 5.02. The predicted octanol–water partition coefficient (Wildman–Crippen LogP) is 3.76. The van der Waals surface area contributed by atoms with Crippen molar-refractivity contribution in [2.45, 2.75) is 37.0 Å². The molecule has 0 heterocycles. The van der Waals surface area contributed by atoms with E-state index in [2.05, 4.69) is 18.5 Å². The van der Waals surface area contributed by atoms with Crippen molar-refractivity contribution in [2.24, 2.45) is 0 Å². The van der Waals surface area contributed by atoms with E-state index in [1.807, 2.05) is 23.9 Å². The van der Waals surface area contributed by atoms with E-state index in [0.29, 0.717) is 4.75 Å². The first kappa shape index (κ1) is 12.9. The third-order valence-electron chi connectivity index (χ3n) is 3.60. The van der Waals surface area contributed by atoms with Gasteiger partial charge in [0.25, 0.3) is 0 Å². The molecule has 0 saturated heterocycles. The molecule has 1 unspecified atom stereocenters. The van der Waals surface area contributed by atoms with Gasteiger partial charge in [-0.1, -0.05) is 25.1 Å². The van der Waals surface area contributed by atoms with E-state index in [0.717, 1.165) is 18.5 Å². The van der Waals surface area contributed by atoms with Gasteiger partial charge >= 0.3 is 0 Å². The van der Waals surface area contributed by atoms with Gasteiger partial charge in [-0.3, -0.25) is 0 Å². The Hall–Kier alpha value is -0.540. The molecule has 1 aromatic carbocycles. The lowest BCUT2D eigenvalue weighted by atomic mass is 10.0. The SMILES string of the molecule is CCC(NCC1(SC)CC1)c1ccccc1F. The molecule has 0 aromatic heterocycles. The van der Waals surface area contributed by atoms with E-state index in [-0.39, 0.29) is 11.9 Å². The molecular weight excluding hydrogens is 233 g/mol. The van der Waals surface area contributed by atoms with Gasteiger partial charge in [0, 0.05) is 22.9 Å². The van der Waals surface area contributed by atoms with Gasteiger partial charge < -0.3 is 5.32 Å². The molecule has 3 heteroatoms. The second-order valence-corrected chi connectivity index (χ2v) is 6.02. The lowest BCUT2D eigenvalue weighted by Gasteiger charge is -2.21. The quantitative estimate of drug-likeness (QED) is 0.828. The number of halogens is 1. The van der Waals surface area contributed by atoms with Crippen molar-refractivity contribution in [3.05, 3.63) is 35.6 Å². The van der Waals surface area contributed by atoms with E-state index < -0.39 is 0 Å². The van der Waals surface area contributed by atoms with Gasteiger partial charge in [-0.25, -0.2) is 4.39 Å². The summed E-state index contributed by atoms with van der Waals surface area (Å²) < 4.78 is 14.1. The maximum atomic E-state index is 13.7. The molecule has 1 fully saturated rings. The number of benzene rings is 1. The molecule has 0 amide bonds. The normalized spacial score (nSPS) is 19.0. The molecule has 1 aliphatic rings. The Labute approximate surface area is 107 Å².